The monoisotopic (exact) mass is 337 g/mol. The van der Waals surface area contributed by atoms with Gasteiger partial charge in [-0.15, -0.1) is 0 Å². The van der Waals surface area contributed by atoms with Gasteiger partial charge in [-0.2, -0.15) is 5.10 Å². The normalized spacial score (nSPS) is 14.2. The first kappa shape index (κ1) is 15.2. The number of hydrogen-bond acceptors (Lipinski definition) is 3. The van der Waals surface area contributed by atoms with Crippen molar-refractivity contribution in [2.45, 2.75) is 32.0 Å². The molecule has 1 aromatic carbocycles. The highest BCUT2D eigenvalue weighted by Crippen LogP contribution is 2.17. The van der Waals surface area contributed by atoms with Crippen molar-refractivity contribution >= 4 is 15.9 Å². The quantitative estimate of drug-likeness (QED) is 0.816. The van der Waals surface area contributed by atoms with Crippen molar-refractivity contribution in [1.82, 2.24) is 15.1 Å². The Morgan fingerprint density at radius 2 is 2.10 bits per heavy atom. The molecule has 1 aromatic heterocycles. The first-order valence-corrected chi connectivity index (χ1v) is 7.58. The maximum absolute atomic E-state index is 9.24. The summed E-state index contributed by atoms with van der Waals surface area (Å²) in [4.78, 5) is 0. The molecule has 0 bridgehead atoms. The van der Waals surface area contributed by atoms with E-state index in [1.807, 2.05) is 29.1 Å². The van der Waals surface area contributed by atoms with E-state index in [-0.39, 0.29) is 18.7 Å². The lowest BCUT2D eigenvalue weighted by Crippen LogP contribution is -2.34. The SMILES string of the molecule is C[C@@H](Cn1cc(Br)cn1)N[C@H](CCO)c1ccccc1. The van der Waals surface area contributed by atoms with E-state index in [9.17, 15) is 5.11 Å². The van der Waals surface area contributed by atoms with Gasteiger partial charge in [0.1, 0.15) is 0 Å². The van der Waals surface area contributed by atoms with Gasteiger partial charge in [-0.05, 0) is 34.8 Å². The first-order chi connectivity index (χ1) is 9.69. The van der Waals surface area contributed by atoms with Gasteiger partial charge in [0.05, 0.1) is 17.2 Å². The maximum Gasteiger partial charge on any atom is 0.0632 e. The molecule has 0 aliphatic carbocycles. The summed E-state index contributed by atoms with van der Waals surface area (Å²) in [7, 11) is 0. The molecular formula is C15H20BrN3O. The molecule has 4 nitrogen and oxygen atoms in total. The second-order valence-electron chi connectivity index (χ2n) is 4.92. The van der Waals surface area contributed by atoms with Crippen molar-refractivity contribution < 1.29 is 5.11 Å². The fourth-order valence-corrected chi connectivity index (χ4v) is 2.60. The van der Waals surface area contributed by atoms with Gasteiger partial charge >= 0.3 is 0 Å². The Morgan fingerprint density at radius 3 is 2.70 bits per heavy atom. The first-order valence-electron chi connectivity index (χ1n) is 6.79. The van der Waals surface area contributed by atoms with Crippen LogP contribution in [0.3, 0.4) is 0 Å². The van der Waals surface area contributed by atoms with Crippen LogP contribution in [0.5, 0.6) is 0 Å². The Hall–Kier alpha value is -1.17. The van der Waals surface area contributed by atoms with Crippen molar-refractivity contribution in [3.63, 3.8) is 0 Å². The zero-order valence-electron chi connectivity index (χ0n) is 11.5. The molecule has 5 heteroatoms. The van der Waals surface area contributed by atoms with Crippen LogP contribution >= 0.6 is 15.9 Å². The standard InChI is InChI=1S/C15H20BrN3O/c1-12(10-19-11-14(16)9-17-19)18-15(7-8-20)13-5-3-2-4-6-13/h2-6,9,11-12,15,18,20H,7-8,10H2,1H3/t12-,15+/m0/s1. The van der Waals surface area contributed by atoms with Gasteiger partial charge in [0.15, 0.2) is 0 Å². The highest BCUT2D eigenvalue weighted by Gasteiger charge is 2.14. The van der Waals surface area contributed by atoms with E-state index < -0.39 is 0 Å². The highest BCUT2D eigenvalue weighted by molar-refractivity contribution is 9.10. The van der Waals surface area contributed by atoms with E-state index >= 15 is 0 Å². The Kier molecular flexibility index (Phi) is 5.76. The molecule has 2 N–H and O–H groups in total. The van der Waals surface area contributed by atoms with Crippen LogP contribution in [-0.4, -0.2) is 27.5 Å². The van der Waals surface area contributed by atoms with E-state index in [1.54, 1.807) is 6.20 Å². The Morgan fingerprint density at radius 1 is 1.35 bits per heavy atom. The Labute approximate surface area is 127 Å². The molecule has 2 aromatic rings. The van der Waals surface area contributed by atoms with Crippen molar-refractivity contribution in [3.05, 3.63) is 52.8 Å². The van der Waals surface area contributed by atoms with E-state index in [2.05, 4.69) is 45.4 Å². The number of benzene rings is 1. The van der Waals surface area contributed by atoms with Gasteiger partial charge in [0.2, 0.25) is 0 Å². The predicted molar refractivity (Wildman–Crippen MR) is 83.4 cm³/mol. The molecule has 0 aliphatic heterocycles. The molecule has 0 saturated heterocycles. The Balaban J connectivity index is 1.97. The number of halogens is 1. The maximum atomic E-state index is 9.24. The molecule has 2 atom stereocenters. The van der Waals surface area contributed by atoms with Gasteiger partial charge in [-0.3, -0.25) is 4.68 Å². The number of rotatable bonds is 7. The molecule has 0 amide bonds. The lowest BCUT2D eigenvalue weighted by Gasteiger charge is -2.23. The van der Waals surface area contributed by atoms with Crippen molar-refractivity contribution in [3.8, 4) is 0 Å². The number of nitrogens with zero attached hydrogens (tertiary/aromatic N) is 2. The van der Waals surface area contributed by atoms with Crippen LogP contribution in [0, 0.1) is 0 Å². The van der Waals surface area contributed by atoms with Gasteiger partial charge in [0.25, 0.3) is 0 Å². The topological polar surface area (TPSA) is 50.1 Å². The minimum absolute atomic E-state index is 0.162. The zero-order chi connectivity index (χ0) is 14.4. The van der Waals surface area contributed by atoms with Gasteiger partial charge in [-0.25, -0.2) is 0 Å². The number of aliphatic hydroxyl groups is 1. The highest BCUT2D eigenvalue weighted by atomic mass is 79.9. The van der Waals surface area contributed by atoms with E-state index in [4.69, 9.17) is 0 Å². The van der Waals surface area contributed by atoms with Crippen LogP contribution in [0.15, 0.2) is 47.2 Å². The second-order valence-corrected chi connectivity index (χ2v) is 5.84. The molecule has 0 spiro atoms. The van der Waals surface area contributed by atoms with E-state index in [0.29, 0.717) is 6.42 Å². The van der Waals surface area contributed by atoms with Crippen LogP contribution < -0.4 is 5.32 Å². The van der Waals surface area contributed by atoms with Crippen LogP contribution in [-0.2, 0) is 6.54 Å². The minimum Gasteiger partial charge on any atom is -0.396 e. The third-order valence-corrected chi connectivity index (χ3v) is 3.58. The zero-order valence-corrected chi connectivity index (χ0v) is 13.1. The summed E-state index contributed by atoms with van der Waals surface area (Å²) in [5, 5.41) is 17.1. The van der Waals surface area contributed by atoms with Gasteiger partial charge in [0, 0.05) is 24.9 Å². The van der Waals surface area contributed by atoms with Crippen molar-refractivity contribution in [2.75, 3.05) is 6.61 Å². The number of aliphatic hydroxyl groups excluding tert-OH is 1. The molecule has 108 valence electrons. The summed E-state index contributed by atoms with van der Waals surface area (Å²) in [6, 6.07) is 10.7. The molecule has 2 rings (SSSR count). The summed E-state index contributed by atoms with van der Waals surface area (Å²) < 4.78 is 2.89. The van der Waals surface area contributed by atoms with Crippen LogP contribution in [0.25, 0.3) is 0 Å². The van der Waals surface area contributed by atoms with Gasteiger partial charge < -0.3 is 10.4 Å². The molecule has 0 saturated carbocycles. The smallest absolute Gasteiger partial charge is 0.0632 e. The van der Waals surface area contributed by atoms with Gasteiger partial charge in [-0.1, -0.05) is 30.3 Å². The van der Waals surface area contributed by atoms with Crippen molar-refractivity contribution in [2.24, 2.45) is 0 Å². The summed E-state index contributed by atoms with van der Waals surface area (Å²) in [5.41, 5.74) is 1.20. The summed E-state index contributed by atoms with van der Waals surface area (Å²) in [6.45, 7) is 3.09. The number of aromatic nitrogens is 2. The third kappa shape index (κ3) is 4.44. The average molecular weight is 338 g/mol. The third-order valence-electron chi connectivity index (χ3n) is 3.17. The largest absolute Gasteiger partial charge is 0.396 e. The van der Waals surface area contributed by atoms with Crippen LogP contribution in [0.2, 0.25) is 0 Å². The fourth-order valence-electron chi connectivity index (χ4n) is 2.28. The Bertz CT molecular complexity index is 515. The molecule has 0 unspecified atom stereocenters. The number of nitrogens with one attached hydrogen (secondary N) is 1. The lowest BCUT2D eigenvalue weighted by atomic mass is 10.0. The fraction of sp³-hybridized carbons (Fsp3) is 0.400. The molecule has 0 aliphatic rings. The number of hydrogen-bond donors (Lipinski definition) is 2. The van der Waals surface area contributed by atoms with Crippen LogP contribution in [0.1, 0.15) is 24.9 Å². The summed E-state index contributed by atoms with van der Waals surface area (Å²) in [5.74, 6) is 0. The second kappa shape index (κ2) is 7.57. The van der Waals surface area contributed by atoms with Crippen LogP contribution in [0.4, 0.5) is 0 Å². The summed E-state index contributed by atoms with van der Waals surface area (Å²) in [6.07, 6.45) is 4.45. The predicted octanol–water partition coefficient (Wildman–Crippen LogP) is 2.75. The average Bonchev–Trinajstić information content (AvgIpc) is 2.84. The van der Waals surface area contributed by atoms with Crippen molar-refractivity contribution in [1.29, 1.82) is 0 Å². The minimum atomic E-state index is 0.162. The molecule has 0 fully saturated rings. The molecular weight excluding hydrogens is 318 g/mol. The molecule has 20 heavy (non-hydrogen) atoms. The summed E-state index contributed by atoms with van der Waals surface area (Å²) >= 11 is 3.40. The van der Waals surface area contributed by atoms with E-state index in [0.717, 1.165) is 11.0 Å². The lowest BCUT2D eigenvalue weighted by molar-refractivity contribution is 0.256. The molecule has 0 radical (unpaired) electrons. The van der Waals surface area contributed by atoms with E-state index in [1.165, 1.54) is 5.56 Å². The molecule has 1 heterocycles.